The average molecular weight is 288 g/mol. The van der Waals surface area contributed by atoms with Crippen molar-refractivity contribution >= 4 is 5.91 Å². The number of alkyl halides is 3. The Morgan fingerprint density at radius 2 is 2.10 bits per heavy atom. The zero-order chi connectivity index (χ0) is 14.9. The minimum Gasteiger partial charge on any atom is -0.375 e. The van der Waals surface area contributed by atoms with Crippen molar-refractivity contribution in [2.24, 2.45) is 0 Å². The van der Waals surface area contributed by atoms with Crippen LogP contribution in [-0.2, 0) is 10.9 Å². The van der Waals surface area contributed by atoms with Gasteiger partial charge in [-0.15, -0.1) is 0 Å². The number of rotatable bonds is 1. The molecule has 1 amide bonds. The molecule has 7 heteroatoms. The Bertz CT molecular complexity index is 487. The van der Waals surface area contributed by atoms with Crippen molar-refractivity contribution in [2.75, 3.05) is 13.2 Å². The summed E-state index contributed by atoms with van der Waals surface area (Å²) in [5.74, 6) is -0.325. The number of halogens is 3. The third-order valence-electron chi connectivity index (χ3n) is 3.17. The van der Waals surface area contributed by atoms with Gasteiger partial charge in [-0.3, -0.25) is 9.78 Å². The number of carbonyl (C=O) groups excluding carboxylic acids is 1. The highest BCUT2D eigenvalue weighted by molar-refractivity contribution is 5.94. The number of nitrogens with zero attached hydrogens (tertiary/aromatic N) is 2. The van der Waals surface area contributed by atoms with Gasteiger partial charge in [-0.1, -0.05) is 0 Å². The normalized spacial score (nSPS) is 23.8. The van der Waals surface area contributed by atoms with Crippen molar-refractivity contribution < 1.29 is 22.7 Å². The summed E-state index contributed by atoms with van der Waals surface area (Å²) in [6.45, 7) is 4.51. The highest BCUT2D eigenvalue weighted by Crippen LogP contribution is 2.27. The standard InChI is InChI=1S/C13H15F3N2O2/c1-8-7-20-9(2)6-18(8)12(19)10-3-4-11(17-5-10)13(14,15)16/h3-5,8-9H,6-7H2,1-2H3. The van der Waals surface area contributed by atoms with Crippen LogP contribution in [0.1, 0.15) is 29.9 Å². The van der Waals surface area contributed by atoms with E-state index in [4.69, 9.17) is 4.74 Å². The van der Waals surface area contributed by atoms with Gasteiger partial charge in [0, 0.05) is 12.7 Å². The fourth-order valence-electron chi connectivity index (χ4n) is 2.04. The van der Waals surface area contributed by atoms with E-state index in [1.807, 2.05) is 13.8 Å². The molecule has 2 unspecified atom stereocenters. The van der Waals surface area contributed by atoms with E-state index in [0.29, 0.717) is 13.2 Å². The van der Waals surface area contributed by atoms with Crippen LogP contribution in [0.15, 0.2) is 18.3 Å². The SMILES string of the molecule is CC1CN(C(=O)c2ccc(C(F)(F)F)nc2)C(C)CO1. The second-order valence-corrected chi connectivity index (χ2v) is 4.88. The van der Waals surface area contributed by atoms with E-state index in [2.05, 4.69) is 4.98 Å². The van der Waals surface area contributed by atoms with Gasteiger partial charge in [0.05, 0.1) is 24.3 Å². The first kappa shape index (κ1) is 14.8. The van der Waals surface area contributed by atoms with Crippen molar-refractivity contribution in [1.29, 1.82) is 0 Å². The van der Waals surface area contributed by atoms with E-state index in [1.165, 1.54) is 0 Å². The maximum absolute atomic E-state index is 12.4. The highest BCUT2D eigenvalue weighted by atomic mass is 19.4. The van der Waals surface area contributed by atoms with Gasteiger partial charge < -0.3 is 9.64 Å². The predicted octanol–water partition coefficient (Wildman–Crippen LogP) is 2.35. The molecule has 1 aromatic rings. The van der Waals surface area contributed by atoms with Gasteiger partial charge in [0.15, 0.2) is 0 Å². The molecule has 0 aliphatic carbocycles. The van der Waals surface area contributed by atoms with Crippen LogP contribution < -0.4 is 0 Å². The van der Waals surface area contributed by atoms with Crippen LogP contribution in [0, 0.1) is 0 Å². The van der Waals surface area contributed by atoms with Gasteiger partial charge in [0.2, 0.25) is 0 Å². The van der Waals surface area contributed by atoms with Gasteiger partial charge in [-0.25, -0.2) is 0 Å². The molecule has 1 aliphatic rings. The Balaban J connectivity index is 2.16. The fourth-order valence-corrected chi connectivity index (χ4v) is 2.04. The third-order valence-corrected chi connectivity index (χ3v) is 3.17. The minimum atomic E-state index is -4.50. The number of ether oxygens (including phenoxy) is 1. The molecular formula is C13H15F3N2O2. The lowest BCUT2D eigenvalue weighted by atomic mass is 10.1. The monoisotopic (exact) mass is 288 g/mol. The molecule has 0 bridgehead atoms. The summed E-state index contributed by atoms with van der Waals surface area (Å²) in [6.07, 6.45) is -3.61. The van der Waals surface area contributed by atoms with E-state index >= 15 is 0 Å². The molecule has 1 aliphatic heterocycles. The smallest absolute Gasteiger partial charge is 0.375 e. The first-order valence-corrected chi connectivity index (χ1v) is 6.25. The summed E-state index contributed by atoms with van der Waals surface area (Å²) >= 11 is 0. The van der Waals surface area contributed by atoms with Crippen LogP contribution in [0.25, 0.3) is 0 Å². The van der Waals surface area contributed by atoms with Gasteiger partial charge >= 0.3 is 6.18 Å². The lowest BCUT2D eigenvalue weighted by molar-refractivity contribution is -0.141. The molecule has 2 atom stereocenters. The van der Waals surface area contributed by atoms with Crippen LogP contribution in [0.2, 0.25) is 0 Å². The van der Waals surface area contributed by atoms with Gasteiger partial charge in [-0.2, -0.15) is 13.2 Å². The largest absolute Gasteiger partial charge is 0.433 e. The van der Waals surface area contributed by atoms with Crippen molar-refractivity contribution in [1.82, 2.24) is 9.88 Å². The highest BCUT2D eigenvalue weighted by Gasteiger charge is 2.33. The first-order chi connectivity index (χ1) is 9.29. The molecule has 4 nitrogen and oxygen atoms in total. The zero-order valence-electron chi connectivity index (χ0n) is 11.1. The lowest BCUT2D eigenvalue weighted by Gasteiger charge is -2.36. The second kappa shape index (κ2) is 5.40. The van der Waals surface area contributed by atoms with E-state index in [0.717, 1.165) is 18.3 Å². The van der Waals surface area contributed by atoms with E-state index in [1.54, 1.807) is 4.90 Å². The Kier molecular flexibility index (Phi) is 3.99. The Hall–Kier alpha value is -1.63. The molecule has 2 heterocycles. The van der Waals surface area contributed by atoms with Crippen LogP contribution in [0.3, 0.4) is 0 Å². The molecule has 0 aromatic carbocycles. The number of hydrogen-bond donors (Lipinski definition) is 0. The molecule has 2 rings (SSSR count). The number of hydrogen-bond acceptors (Lipinski definition) is 3. The quantitative estimate of drug-likeness (QED) is 0.796. The van der Waals surface area contributed by atoms with Crippen molar-refractivity contribution in [3.05, 3.63) is 29.6 Å². The fraction of sp³-hybridized carbons (Fsp3) is 0.538. The summed E-state index contributed by atoms with van der Waals surface area (Å²) in [7, 11) is 0. The van der Waals surface area contributed by atoms with Gasteiger partial charge in [0.25, 0.3) is 5.91 Å². The minimum absolute atomic E-state index is 0.0856. The topological polar surface area (TPSA) is 42.4 Å². The van der Waals surface area contributed by atoms with Gasteiger partial charge in [0.1, 0.15) is 5.69 Å². The Morgan fingerprint density at radius 1 is 1.40 bits per heavy atom. The third kappa shape index (κ3) is 3.09. The maximum Gasteiger partial charge on any atom is 0.433 e. The number of pyridine rings is 1. The molecule has 1 aromatic heterocycles. The molecule has 1 saturated heterocycles. The van der Waals surface area contributed by atoms with E-state index in [9.17, 15) is 18.0 Å². The zero-order valence-corrected chi connectivity index (χ0v) is 11.1. The summed E-state index contributed by atoms with van der Waals surface area (Å²) in [4.78, 5) is 17.2. The number of carbonyl (C=O) groups is 1. The molecule has 1 fully saturated rings. The molecule has 0 saturated carbocycles. The lowest BCUT2D eigenvalue weighted by Crippen LogP contribution is -2.50. The summed E-state index contributed by atoms with van der Waals surface area (Å²) in [5.41, 5.74) is -0.851. The number of aromatic nitrogens is 1. The van der Waals surface area contributed by atoms with Crippen molar-refractivity contribution in [3.63, 3.8) is 0 Å². The molecule has 0 radical (unpaired) electrons. The average Bonchev–Trinajstić information content (AvgIpc) is 2.40. The molecule has 0 N–H and O–H groups in total. The van der Waals surface area contributed by atoms with Crippen molar-refractivity contribution in [2.45, 2.75) is 32.2 Å². The van der Waals surface area contributed by atoms with Crippen LogP contribution >= 0.6 is 0 Å². The van der Waals surface area contributed by atoms with Crippen LogP contribution in [-0.4, -0.2) is 41.1 Å². The van der Waals surface area contributed by atoms with E-state index in [-0.39, 0.29) is 23.6 Å². The van der Waals surface area contributed by atoms with Crippen LogP contribution in [0.5, 0.6) is 0 Å². The second-order valence-electron chi connectivity index (χ2n) is 4.88. The van der Waals surface area contributed by atoms with Crippen LogP contribution in [0.4, 0.5) is 13.2 Å². The Labute approximate surface area is 114 Å². The van der Waals surface area contributed by atoms with Crippen molar-refractivity contribution in [3.8, 4) is 0 Å². The predicted molar refractivity (Wildman–Crippen MR) is 65.2 cm³/mol. The summed E-state index contributed by atoms with van der Waals surface area (Å²) in [5, 5.41) is 0. The summed E-state index contributed by atoms with van der Waals surface area (Å²) in [6, 6.07) is 1.87. The number of amides is 1. The molecule has 0 spiro atoms. The molecule has 110 valence electrons. The molecular weight excluding hydrogens is 273 g/mol. The Morgan fingerprint density at radius 3 is 2.65 bits per heavy atom. The number of morpholine rings is 1. The summed E-state index contributed by atoms with van der Waals surface area (Å²) < 4.78 is 42.7. The first-order valence-electron chi connectivity index (χ1n) is 6.25. The molecule has 20 heavy (non-hydrogen) atoms. The van der Waals surface area contributed by atoms with E-state index < -0.39 is 11.9 Å². The maximum atomic E-state index is 12.4. The van der Waals surface area contributed by atoms with Gasteiger partial charge in [-0.05, 0) is 26.0 Å².